The summed E-state index contributed by atoms with van der Waals surface area (Å²) in [5.41, 5.74) is 1.68. The molecule has 0 spiro atoms. The third-order valence-corrected chi connectivity index (χ3v) is 8.30. The van der Waals surface area contributed by atoms with Crippen molar-refractivity contribution in [2.24, 2.45) is 4.99 Å². The van der Waals surface area contributed by atoms with E-state index in [0.29, 0.717) is 59.2 Å². The number of methoxy groups -OCH3 is 1. The molecule has 0 N–H and O–H groups in total. The van der Waals surface area contributed by atoms with Gasteiger partial charge in [0.2, 0.25) is 0 Å². The average molecular weight is 628 g/mol. The Morgan fingerprint density at radius 3 is 2.67 bits per heavy atom. The number of allylic oxidation sites excluding steroid dienone is 1. The summed E-state index contributed by atoms with van der Waals surface area (Å²) >= 11 is 13.7. The number of hydrogen-bond donors (Lipinski definition) is 0. The molecule has 0 fully saturated rings. The first-order chi connectivity index (χ1) is 20.1. The molecule has 2 aromatic heterocycles. The highest BCUT2D eigenvalue weighted by Gasteiger charge is 2.34. The van der Waals surface area contributed by atoms with Gasteiger partial charge in [0, 0.05) is 11.6 Å². The predicted molar refractivity (Wildman–Crippen MR) is 163 cm³/mol. The van der Waals surface area contributed by atoms with Gasteiger partial charge in [-0.05, 0) is 69.7 Å². The summed E-state index contributed by atoms with van der Waals surface area (Å²) in [4.78, 5) is 32.2. The van der Waals surface area contributed by atoms with Crippen LogP contribution in [0.4, 0.5) is 0 Å². The second-order valence-corrected chi connectivity index (χ2v) is 11.5. The van der Waals surface area contributed by atoms with E-state index in [1.165, 1.54) is 15.9 Å². The second-order valence-electron chi connectivity index (χ2n) is 9.68. The minimum atomic E-state index is -0.804. The Hall–Kier alpha value is -3.79. The number of aromatic nitrogens is 1. The molecule has 0 radical (unpaired) electrons. The Balaban J connectivity index is 1.65. The molecule has 2 aromatic carbocycles. The third-order valence-electron chi connectivity index (χ3n) is 6.50. The monoisotopic (exact) mass is 626 g/mol. The summed E-state index contributed by atoms with van der Waals surface area (Å²) < 4.78 is 24.8. The normalized spacial score (nSPS) is 15.0. The van der Waals surface area contributed by atoms with E-state index in [9.17, 15) is 9.59 Å². The van der Waals surface area contributed by atoms with Gasteiger partial charge in [0.25, 0.3) is 5.56 Å². The molecule has 4 aromatic rings. The Bertz CT molecular complexity index is 1890. The predicted octanol–water partition coefficient (Wildman–Crippen LogP) is 6.16. The maximum absolute atomic E-state index is 13.9. The maximum atomic E-state index is 13.9. The molecule has 3 heterocycles. The van der Waals surface area contributed by atoms with Crippen molar-refractivity contribution in [1.29, 1.82) is 0 Å². The van der Waals surface area contributed by atoms with Crippen LogP contribution in [0.15, 0.2) is 74.0 Å². The molecule has 0 aliphatic carbocycles. The van der Waals surface area contributed by atoms with Gasteiger partial charge in [-0.3, -0.25) is 9.36 Å². The highest BCUT2D eigenvalue weighted by Crippen LogP contribution is 2.37. The third kappa shape index (κ3) is 5.64. The van der Waals surface area contributed by atoms with E-state index in [0.717, 1.165) is 0 Å². The number of esters is 1. The fourth-order valence-corrected chi connectivity index (χ4v) is 6.13. The first-order valence-corrected chi connectivity index (χ1v) is 14.8. The number of furan rings is 1. The van der Waals surface area contributed by atoms with Crippen LogP contribution < -0.4 is 24.4 Å². The van der Waals surface area contributed by atoms with Crippen molar-refractivity contribution in [2.45, 2.75) is 39.8 Å². The molecule has 5 rings (SSSR count). The molecule has 1 atom stereocenters. The van der Waals surface area contributed by atoms with Crippen LogP contribution in [0.2, 0.25) is 10.0 Å². The van der Waals surface area contributed by atoms with E-state index in [-0.39, 0.29) is 23.8 Å². The lowest BCUT2D eigenvalue weighted by Crippen LogP contribution is -2.40. The van der Waals surface area contributed by atoms with Gasteiger partial charge in [0.15, 0.2) is 16.3 Å². The smallest absolute Gasteiger partial charge is 0.338 e. The molecule has 11 heteroatoms. The molecule has 8 nitrogen and oxygen atoms in total. The van der Waals surface area contributed by atoms with Crippen molar-refractivity contribution in [3.05, 3.63) is 101 Å². The van der Waals surface area contributed by atoms with Gasteiger partial charge in [0.1, 0.15) is 11.5 Å². The number of fused-ring (bicyclic) bond motifs is 1. The lowest BCUT2D eigenvalue weighted by molar-refractivity contribution is -0.139. The van der Waals surface area contributed by atoms with Crippen LogP contribution in [0.5, 0.6) is 11.5 Å². The Labute approximate surface area is 256 Å². The maximum Gasteiger partial charge on any atom is 0.338 e. The van der Waals surface area contributed by atoms with Gasteiger partial charge in [-0.15, -0.1) is 0 Å². The first kappa shape index (κ1) is 29.7. The van der Waals surface area contributed by atoms with Crippen molar-refractivity contribution >= 4 is 46.6 Å². The molecular formula is C31H28Cl2N2O6S. The topological polar surface area (TPSA) is 92.3 Å². The summed E-state index contributed by atoms with van der Waals surface area (Å²) in [5.74, 6) is 1.43. The van der Waals surface area contributed by atoms with Crippen molar-refractivity contribution in [1.82, 2.24) is 4.57 Å². The fourth-order valence-electron chi connectivity index (χ4n) is 4.71. The number of benzene rings is 2. The molecule has 0 amide bonds. The number of carbonyl (C=O) groups excluding carboxylic acids is 1. The van der Waals surface area contributed by atoms with Gasteiger partial charge in [0.05, 0.1) is 51.7 Å². The molecule has 0 bridgehead atoms. The van der Waals surface area contributed by atoms with Crippen molar-refractivity contribution in [3.63, 3.8) is 0 Å². The highest BCUT2D eigenvalue weighted by molar-refractivity contribution is 7.07. The van der Waals surface area contributed by atoms with Crippen LogP contribution in [0.3, 0.4) is 0 Å². The van der Waals surface area contributed by atoms with E-state index >= 15 is 0 Å². The van der Waals surface area contributed by atoms with Crippen LogP contribution in [-0.4, -0.2) is 30.4 Å². The SMILES string of the molecule is CCOC(=O)C1=C(C)N=c2s/c(=C/c3ccc(-c4cccc(Cl)c4Cl)o3)c(=O)n2[C@@H]1c1ccc(OC(C)C)c(OC)c1. The molecule has 42 heavy (non-hydrogen) atoms. The molecule has 218 valence electrons. The van der Waals surface area contributed by atoms with Crippen LogP contribution >= 0.6 is 34.5 Å². The van der Waals surface area contributed by atoms with Crippen LogP contribution in [0, 0.1) is 0 Å². The van der Waals surface area contributed by atoms with E-state index in [1.54, 1.807) is 69.5 Å². The number of nitrogens with zero attached hydrogens (tertiary/aromatic N) is 2. The van der Waals surface area contributed by atoms with Gasteiger partial charge in [-0.1, -0.05) is 46.7 Å². The van der Waals surface area contributed by atoms with E-state index in [1.807, 2.05) is 19.9 Å². The van der Waals surface area contributed by atoms with Crippen LogP contribution in [0.25, 0.3) is 17.4 Å². The van der Waals surface area contributed by atoms with Gasteiger partial charge in [-0.25, -0.2) is 9.79 Å². The molecule has 0 unspecified atom stereocenters. The summed E-state index contributed by atoms with van der Waals surface area (Å²) in [6.07, 6.45) is 1.57. The van der Waals surface area contributed by atoms with Crippen LogP contribution in [-0.2, 0) is 9.53 Å². The Morgan fingerprint density at radius 2 is 1.95 bits per heavy atom. The lowest BCUT2D eigenvalue weighted by Gasteiger charge is -2.25. The zero-order chi connectivity index (χ0) is 30.1. The Kier molecular flexibility index (Phi) is 8.63. The quantitative estimate of drug-likeness (QED) is 0.217. The summed E-state index contributed by atoms with van der Waals surface area (Å²) in [7, 11) is 1.54. The first-order valence-electron chi connectivity index (χ1n) is 13.2. The molecule has 0 saturated heterocycles. The Morgan fingerprint density at radius 1 is 1.17 bits per heavy atom. The summed E-state index contributed by atoms with van der Waals surface area (Å²) in [5, 5.41) is 0.787. The number of halogens is 2. The highest BCUT2D eigenvalue weighted by atomic mass is 35.5. The molecule has 1 aliphatic heterocycles. The minimum Gasteiger partial charge on any atom is -0.493 e. The lowest BCUT2D eigenvalue weighted by atomic mass is 9.95. The number of hydrogen-bond acceptors (Lipinski definition) is 8. The zero-order valence-electron chi connectivity index (χ0n) is 23.6. The standard InChI is InChI=1S/C31H28Cl2N2O6S/c1-6-39-30(37)26-17(4)34-31-35(28(26)18-10-12-23(40-16(2)3)24(14-18)38-5)29(36)25(42-31)15-19-11-13-22(41-19)20-8-7-9-21(32)27(20)33/h7-16,28H,6H2,1-5H3/b25-15+/t28-/m1/s1. The molecule has 1 aliphatic rings. The van der Waals surface area contributed by atoms with E-state index < -0.39 is 12.0 Å². The largest absolute Gasteiger partial charge is 0.493 e. The van der Waals surface area contributed by atoms with E-state index in [4.69, 9.17) is 41.8 Å². The minimum absolute atomic E-state index is 0.0725. The van der Waals surface area contributed by atoms with Crippen molar-refractivity contribution in [2.75, 3.05) is 13.7 Å². The number of thiazole rings is 1. The van der Waals surface area contributed by atoms with Gasteiger partial charge < -0.3 is 18.6 Å². The van der Waals surface area contributed by atoms with Crippen molar-refractivity contribution in [3.8, 4) is 22.8 Å². The zero-order valence-corrected chi connectivity index (χ0v) is 25.9. The average Bonchev–Trinajstić information content (AvgIpc) is 3.53. The van der Waals surface area contributed by atoms with E-state index in [2.05, 4.69) is 4.99 Å². The molecule has 0 saturated carbocycles. The second kappa shape index (κ2) is 12.2. The number of ether oxygens (including phenoxy) is 3. The molecular weight excluding hydrogens is 599 g/mol. The fraction of sp³-hybridized carbons (Fsp3) is 0.258. The van der Waals surface area contributed by atoms with Gasteiger partial charge >= 0.3 is 5.97 Å². The van der Waals surface area contributed by atoms with Gasteiger partial charge in [-0.2, -0.15) is 0 Å². The number of carbonyl (C=O) groups is 1. The summed E-state index contributed by atoms with van der Waals surface area (Å²) in [6.45, 7) is 7.48. The number of rotatable bonds is 8. The summed E-state index contributed by atoms with van der Waals surface area (Å²) in [6, 6.07) is 13.3. The van der Waals surface area contributed by atoms with Crippen LogP contribution in [0.1, 0.15) is 45.1 Å². The van der Waals surface area contributed by atoms with Crippen molar-refractivity contribution < 1.29 is 23.4 Å².